The van der Waals surface area contributed by atoms with E-state index >= 15 is 0 Å². The average molecular weight is 470 g/mol. The predicted molar refractivity (Wildman–Crippen MR) is 137 cm³/mol. The number of rotatable bonds is 5. The fraction of sp³-hybridized carbons (Fsp3) is 0.148. The molecular weight excluding hydrogens is 446 g/mol. The van der Waals surface area contributed by atoms with Gasteiger partial charge in [-0.2, -0.15) is 5.10 Å². The summed E-state index contributed by atoms with van der Waals surface area (Å²) < 4.78 is 1.87. The van der Waals surface area contributed by atoms with Gasteiger partial charge in [-0.05, 0) is 67.6 Å². The van der Waals surface area contributed by atoms with E-state index in [4.69, 9.17) is 17.3 Å². The molecule has 170 valence electrons. The van der Waals surface area contributed by atoms with E-state index in [9.17, 15) is 9.90 Å². The maximum Gasteiger partial charge on any atom is 0.335 e. The minimum atomic E-state index is -0.991. The van der Waals surface area contributed by atoms with Gasteiger partial charge in [0.2, 0.25) is 5.88 Å². The Hall–Kier alpha value is -3.97. The highest BCUT2D eigenvalue weighted by Crippen LogP contribution is 2.36. The van der Waals surface area contributed by atoms with Crippen LogP contribution in [-0.4, -0.2) is 31.4 Å². The Morgan fingerprint density at radius 1 is 1.00 bits per heavy atom. The highest BCUT2D eigenvalue weighted by atomic mass is 32.1. The van der Waals surface area contributed by atoms with Crippen LogP contribution in [0, 0.1) is 0 Å². The van der Waals surface area contributed by atoms with Crippen LogP contribution in [-0.2, 0) is 12.8 Å². The van der Waals surface area contributed by atoms with Gasteiger partial charge in [0.25, 0.3) is 0 Å². The minimum absolute atomic E-state index is 0.124. The van der Waals surface area contributed by atoms with Crippen molar-refractivity contribution >= 4 is 39.8 Å². The molecule has 5 rings (SSSR count). The number of aryl methyl sites for hydroxylation is 2. The first-order valence-corrected chi connectivity index (χ1v) is 11.5. The van der Waals surface area contributed by atoms with Crippen molar-refractivity contribution in [1.82, 2.24) is 9.99 Å². The molecule has 1 aromatic heterocycles. The quantitative estimate of drug-likeness (QED) is 0.212. The van der Waals surface area contributed by atoms with E-state index in [2.05, 4.69) is 28.7 Å². The van der Waals surface area contributed by atoms with Gasteiger partial charge in [-0.15, -0.1) is 0 Å². The fourth-order valence-corrected chi connectivity index (χ4v) is 4.74. The summed E-state index contributed by atoms with van der Waals surface area (Å²) in [6, 6.07) is 20.5. The third-order valence-corrected chi connectivity index (χ3v) is 6.60. The van der Waals surface area contributed by atoms with Gasteiger partial charge < -0.3 is 10.2 Å². The largest absolute Gasteiger partial charge is 0.494 e. The molecule has 1 aliphatic rings. The van der Waals surface area contributed by atoms with Gasteiger partial charge in [-0.3, -0.25) is 9.99 Å². The molecule has 0 saturated carbocycles. The number of hydrazone groups is 1. The first-order chi connectivity index (χ1) is 16.4. The monoisotopic (exact) mass is 469 g/mol. The van der Waals surface area contributed by atoms with Crippen LogP contribution in [0.2, 0.25) is 0 Å². The molecule has 0 radical (unpaired) electrons. The van der Waals surface area contributed by atoms with Gasteiger partial charge >= 0.3 is 5.97 Å². The van der Waals surface area contributed by atoms with Gasteiger partial charge in [0.15, 0.2) is 0 Å². The number of aromatic hydroxyl groups is 1. The summed E-state index contributed by atoms with van der Waals surface area (Å²) in [6.07, 6.45) is 3.33. The minimum Gasteiger partial charge on any atom is -0.494 e. The lowest BCUT2D eigenvalue weighted by atomic mass is 10.1. The third kappa shape index (κ3) is 3.84. The fourth-order valence-electron chi connectivity index (χ4n) is 4.56. The molecular formula is C27H23N3O3S. The van der Waals surface area contributed by atoms with Crippen LogP contribution in [0.15, 0.2) is 71.8 Å². The van der Waals surface area contributed by atoms with Gasteiger partial charge in [0.05, 0.1) is 22.4 Å². The average Bonchev–Trinajstić information content (AvgIpc) is 3.43. The van der Waals surface area contributed by atoms with Gasteiger partial charge in [0.1, 0.15) is 4.99 Å². The van der Waals surface area contributed by atoms with Crippen molar-refractivity contribution in [2.75, 3.05) is 0 Å². The molecule has 7 heteroatoms. The lowest BCUT2D eigenvalue weighted by Gasteiger charge is -2.10. The molecule has 34 heavy (non-hydrogen) atoms. The molecule has 1 heterocycles. The molecule has 0 atom stereocenters. The van der Waals surface area contributed by atoms with Crippen LogP contribution in [0.4, 0.5) is 0 Å². The van der Waals surface area contributed by atoms with Crippen LogP contribution >= 0.6 is 12.2 Å². The van der Waals surface area contributed by atoms with Crippen molar-refractivity contribution in [2.45, 2.75) is 26.2 Å². The Balaban J connectivity index is 1.50. The van der Waals surface area contributed by atoms with Crippen molar-refractivity contribution in [2.24, 2.45) is 5.10 Å². The molecule has 0 aliphatic heterocycles. The number of carboxylic acid groups (broad SMARTS) is 1. The van der Waals surface area contributed by atoms with E-state index in [0.717, 1.165) is 29.4 Å². The number of hydrogen-bond donors (Lipinski definition) is 3. The van der Waals surface area contributed by atoms with Gasteiger partial charge in [0, 0.05) is 16.6 Å². The lowest BCUT2D eigenvalue weighted by molar-refractivity contribution is 0.0697. The number of para-hydroxylation sites is 1. The number of nitrogens with zero attached hydrogens (tertiary/aromatic N) is 2. The third-order valence-electron chi connectivity index (χ3n) is 6.27. The number of thiocarbonyl (C=S) groups is 1. The zero-order valence-electron chi connectivity index (χ0n) is 18.6. The number of carboxylic acids is 1. The first kappa shape index (κ1) is 21.9. The van der Waals surface area contributed by atoms with Gasteiger partial charge in [-0.25, -0.2) is 4.79 Å². The number of nitrogens with one attached hydrogen (secondary N) is 1. The van der Waals surface area contributed by atoms with Crippen LogP contribution in [0.25, 0.3) is 16.6 Å². The molecule has 0 saturated heterocycles. The van der Waals surface area contributed by atoms with Crippen molar-refractivity contribution in [1.29, 1.82) is 0 Å². The molecule has 1 aliphatic carbocycles. The molecule has 3 N–H and O–H groups in total. The molecule has 0 bridgehead atoms. The standard InChI is InChI=1S/C27H23N3O3S/c1-16(28-29-25(34)18-9-11-19(12-10-18)27(32)33)24-22-7-2-3-8-23(22)30(26(24)31)21-14-13-17-5-4-6-20(17)15-21/h2-3,7-15,31H,4-6H2,1H3,(H,29,34)(H,32,33). The van der Waals surface area contributed by atoms with Crippen molar-refractivity contribution in [3.8, 4) is 11.6 Å². The number of benzene rings is 3. The number of aromatic carboxylic acids is 1. The Kier molecular flexibility index (Phi) is 5.63. The highest BCUT2D eigenvalue weighted by molar-refractivity contribution is 7.80. The van der Waals surface area contributed by atoms with Crippen molar-refractivity contribution < 1.29 is 15.0 Å². The molecule has 6 nitrogen and oxygen atoms in total. The lowest BCUT2D eigenvalue weighted by Crippen LogP contribution is -2.18. The SMILES string of the molecule is CC(=NNC(=S)c1ccc(C(=O)O)cc1)c1c(O)n(-c2ccc3c(c2)CCC3)c2ccccc12. The van der Waals surface area contributed by atoms with Crippen molar-refractivity contribution in [3.05, 3.63) is 94.5 Å². The summed E-state index contributed by atoms with van der Waals surface area (Å²) in [4.78, 5) is 11.4. The van der Waals surface area contributed by atoms with Crippen LogP contribution < -0.4 is 5.43 Å². The normalized spacial score (nSPS) is 13.1. The van der Waals surface area contributed by atoms with Crippen LogP contribution in [0.3, 0.4) is 0 Å². The number of aromatic nitrogens is 1. The Morgan fingerprint density at radius 3 is 2.47 bits per heavy atom. The number of carbonyl (C=O) groups is 1. The molecule has 0 fully saturated rings. The van der Waals surface area contributed by atoms with Crippen LogP contribution in [0.1, 0.15) is 46.0 Å². The predicted octanol–water partition coefficient (Wildman–Crippen LogP) is 5.21. The number of fused-ring (bicyclic) bond motifs is 2. The molecule has 4 aromatic rings. The molecule has 0 unspecified atom stereocenters. The first-order valence-electron chi connectivity index (χ1n) is 11.1. The Bertz CT molecular complexity index is 1470. The zero-order valence-corrected chi connectivity index (χ0v) is 19.4. The molecule has 0 spiro atoms. The summed E-state index contributed by atoms with van der Waals surface area (Å²) in [5.74, 6) is -0.867. The summed E-state index contributed by atoms with van der Waals surface area (Å²) in [5, 5.41) is 25.7. The highest BCUT2D eigenvalue weighted by Gasteiger charge is 2.21. The summed E-state index contributed by atoms with van der Waals surface area (Å²) >= 11 is 5.42. The van der Waals surface area contributed by atoms with E-state index in [-0.39, 0.29) is 11.4 Å². The summed E-state index contributed by atoms with van der Waals surface area (Å²) in [6.45, 7) is 1.82. The van der Waals surface area contributed by atoms with E-state index < -0.39 is 5.97 Å². The molecule has 0 amide bonds. The Morgan fingerprint density at radius 2 is 1.71 bits per heavy atom. The summed E-state index contributed by atoms with van der Waals surface area (Å²) in [5.41, 5.74) is 9.47. The Labute approximate surface area is 202 Å². The topological polar surface area (TPSA) is 86.8 Å². The smallest absolute Gasteiger partial charge is 0.335 e. The van der Waals surface area contributed by atoms with E-state index in [1.165, 1.54) is 29.7 Å². The number of hydrogen-bond acceptors (Lipinski definition) is 4. The second kappa shape index (κ2) is 8.76. The van der Waals surface area contributed by atoms with Crippen LogP contribution in [0.5, 0.6) is 5.88 Å². The summed E-state index contributed by atoms with van der Waals surface area (Å²) in [7, 11) is 0. The zero-order chi connectivity index (χ0) is 23.8. The van der Waals surface area contributed by atoms with E-state index in [0.29, 0.717) is 21.8 Å². The van der Waals surface area contributed by atoms with Gasteiger partial charge in [-0.1, -0.05) is 48.6 Å². The van der Waals surface area contributed by atoms with Crippen molar-refractivity contribution in [3.63, 3.8) is 0 Å². The molecule has 3 aromatic carbocycles. The van der Waals surface area contributed by atoms with E-state index in [1.807, 2.05) is 35.8 Å². The second-order valence-corrected chi connectivity index (χ2v) is 8.79. The maximum absolute atomic E-state index is 11.3. The maximum atomic E-state index is 11.3. The second-order valence-electron chi connectivity index (χ2n) is 8.38. The van der Waals surface area contributed by atoms with E-state index in [1.54, 1.807) is 12.1 Å².